The van der Waals surface area contributed by atoms with E-state index < -0.39 is 133 Å². The number of nitrogens with zero attached hydrogens (tertiary/aromatic N) is 1. The fraction of sp³-hybridized carbons (Fsp3) is 0.348. The molecule has 29 nitrogen and oxygen atoms in total. The maximum atomic E-state index is 15.3. The first-order valence-corrected chi connectivity index (χ1v) is 30.5. The molecule has 3 heterocycles. The molecule has 29 heteroatoms. The van der Waals surface area contributed by atoms with Crippen molar-refractivity contribution in [2.24, 2.45) is 22.9 Å². The number of aromatic nitrogens is 1. The molecule has 2 saturated heterocycles. The Morgan fingerprint density at radius 3 is 1.65 bits per heavy atom. The maximum Gasteiger partial charge on any atom is 0.407 e. The minimum absolute atomic E-state index is 0.0385. The molecule has 0 spiro atoms. The van der Waals surface area contributed by atoms with E-state index in [1.54, 1.807) is 85.1 Å². The quantitative estimate of drug-likeness (QED) is 0.0400. The van der Waals surface area contributed by atoms with Gasteiger partial charge < -0.3 is 94.6 Å². The number of para-hydroxylation sites is 1. The van der Waals surface area contributed by atoms with Crippen molar-refractivity contribution in [1.82, 2.24) is 41.8 Å². The van der Waals surface area contributed by atoms with Crippen molar-refractivity contribution >= 4 is 76.3 Å². The summed E-state index contributed by atoms with van der Waals surface area (Å²) in [6, 6.07) is 31.0. The van der Waals surface area contributed by atoms with Crippen LogP contribution in [0.1, 0.15) is 72.4 Å². The van der Waals surface area contributed by atoms with Gasteiger partial charge in [0, 0.05) is 55.9 Å². The second kappa shape index (κ2) is 37.1. The standard InChI is InChI=1S/C58H66N10O9.2C4H7NO4/c59-27-13-12-22-46-52(69)64-47(30-38-23-25-42(26-24-38)76-36-39-16-6-2-7-17-39)53(70)66-49(31-37-14-4-1-5-15-37)57(74)68-35-43(77-58(75)61-29-28-60)33-50(68)55(72)67-51(40-18-8-3-9-19-40)56(73)65-48(54(71)63-46)32-41-34-62-45-21-11-10-20-44(41)45;2*5-2(4(8)9)1-3(6)7/h1-11,14-21,23-26,34,43,46-51,62H,12-13,22,27-33,35-36,59-60H2,(H,61,75)(H,63,71)(H,64,69)(H,65,73)(H,66,70)(H,67,72);2*2H,1,5H2,(H,6,7)(H,8,9)/t43-,46+,47+,48-,49+,50+,51?;2*2-/m000/s1. The predicted molar refractivity (Wildman–Crippen MR) is 344 cm³/mol. The number of carboxylic acid groups (broad SMARTS) is 4. The number of nitrogens with two attached hydrogens (primary N) is 4. The van der Waals surface area contributed by atoms with Crippen molar-refractivity contribution in [2.45, 2.75) is 119 Å². The van der Waals surface area contributed by atoms with Gasteiger partial charge in [0.25, 0.3) is 0 Å². The summed E-state index contributed by atoms with van der Waals surface area (Å²) in [4.78, 5) is 147. The highest BCUT2D eigenvalue weighted by Gasteiger charge is 2.45. The highest BCUT2D eigenvalue weighted by Crippen LogP contribution is 2.26. The number of alkyl carbamates (subject to hydrolysis) is 1. The van der Waals surface area contributed by atoms with Crippen LogP contribution in [0.2, 0.25) is 0 Å². The number of aliphatic carboxylic acids is 4. The molecule has 2 fully saturated rings. The zero-order chi connectivity index (χ0) is 69.0. The molecule has 0 radical (unpaired) electrons. The average molecular weight is 1310 g/mol. The normalized spacial score (nSPS) is 19.9. The largest absolute Gasteiger partial charge is 0.489 e. The number of H-pyrrole nitrogens is 1. The number of carbonyl (C=O) groups excluding carboxylic acids is 7. The number of aromatic amines is 1. The van der Waals surface area contributed by atoms with Crippen molar-refractivity contribution in [3.8, 4) is 5.75 Å². The van der Waals surface area contributed by atoms with Gasteiger partial charge in [-0.05, 0) is 71.8 Å². The lowest BCUT2D eigenvalue weighted by Crippen LogP contribution is -2.61. The number of hydrogen-bond donors (Lipinski definition) is 15. The van der Waals surface area contributed by atoms with Gasteiger partial charge in [-0.25, -0.2) is 4.79 Å². The van der Waals surface area contributed by atoms with Crippen LogP contribution >= 0.6 is 0 Å². The molecule has 2 aliphatic rings. The first-order valence-electron chi connectivity index (χ1n) is 30.5. The average Bonchev–Trinajstić information content (AvgIpc) is 1.72. The van der Waals surface area contributed by atoms with Crippen LogP contribution < -0.4 is 59.6 Å². The molecule has 0 saturated carbocycles. The van der Waals surface area contributed by atoms with Crippen molar-refractivity contribution in [2.75, 3.05) is 26.2 Å². The number of hydrogen-bond acceptors (Lipinski definition) is 17. The second-order valence-corrected chi connectivity index (χ2v) is 22.3. The topological polar surface area (TPSA) is 482 Å². The van der Waals surface area contributed by atoms with E-state index in [9.17, 15) is 43.2 Å². The van der Waals surface area contributed by atoms with Gasteiger partial charge in [0.15, 0.2) is 0 Å². The Bertz CT molecular complexity index is 3530. The Morgan fingerprint density at radius 2 is 1.07 bits per heavy atom. The molecule has 95 heavy (non-hydrogen) atoms. The van der Waals surface area contributed by atoms with Crippen LogP contribution in [0.25, 0.3) is 10.9 Å². The lowest BCUT2D eigenvalue weighted by molar-refractivity contribution is -0.144. The van der Waals surface area contributed by atoms with E-state index in [2.05, 4.69) is 36.9 Å². The molecule has 5 aromatic carbocycles. The van der Waals surface area contributed by atoms with Crippen molar-refractivity contribution in [1.29, 1.82) is 0 Å². The molecule has 1 unspecified atom stereocenters. The van der Waals surface area contributed by atoms with Gasteiger partial charge in [-0.2, -0.15) is 0 Å². The number of amides is 7. The number of unbranched alkanes of at least 4 members (excludes halogenated alkanes) is 1. The molecular weight excluding hydrogens is 1230 g/mol. The first kappa shape index (κ1) is 73.3. The molecule has 19 N–H and O–H groups in total. The van der Waals surface area contributed by atoms with Gasteiger partial charge in [0.05, 0.1) is 19.4 Å². The molecule has 506 valence electrons. The van der Waals surface area contributed by atoms with Crippen LogP contribution in [0.15, 0.2) is 146 Å². The Kier molecular flexibility index (Phi) is 28.6. The molecule has 9 atom stereocenters. The van der Waals surface area contributed by atoms with E-state index in [4.69, 9.17) is 52.8 Å². The van der Waals surface area contributed by atoms with Crippen LogP contribution in [0.4, 0.5) is 4.79 Å². The molecule has 0 aliphatic carbocycles. The fourth-order valence-corrected chi connectivity index (χ4v) is 10.2. The number of ether oxygens (including phenoxy) is 2. The Labute approximate surface area is 546 Å². The Hall–Kier alpha value is -10.7. The van der Waals surface area contributed by atoms with Crippen molar-refractivity contribution < 1.29 is 82.6 Å². The minimum Gasteiger partial charge on any atom is -0.489 e. The van der Waals surface area contributed by atoms with Gasteiger partial charge in [-0.1, -0.05) is 121 Å². The summed E-state index contributed by atoms with van der Waals surface area (Å²) in [5.41, 5.74) is 25.3. The van der Waals surface area contributed by atoms with Crippen LogP contribution in [-0.2, 0) is 78.6 Å². The van der Waals surface area contributed by atoms with Crippen LogP contribution in [0.5, 0.6) is 5.75 Å². The van der Waals surface area contributed by atoms with Gasteiger partial charge in [-0.15, -0.1) is 0 Å². The summed E-state index contributed by atoms with van der Waals surface area (Å²) >= 11 is 0. The zero-order valence-electron chi connectivity index (χ0n) is 51.8. The third kappa shape index (κ3) is 23.4. The molecular formula is C66H80N12O17. The molecule has 8 rings (SSSR count). The number of carbonyl (C=O) groups is 11. The molecule has 0 bridgehead atoms. The van der Waals surface area contributed by atoms with E-state index in [0.29, 0.717) is 54.0 Å². The summed E-state index contributed by atoms with van der Waals surface area (Å²) < 4.78 is 11.8. The van der Waals surface area contributed by atoms with Gasteiger partial charge >= 0.3 is 30.0 Å². The third-order valence-electron chi connectivity index (χ3n) is 15.1. The molecule has 1 aromatic heterocycles. The fourth-order valence-electron chi connectivity index (χ4n) is 10.2. The minimum atomic E-state index is -1.42. The highest BCUT2D eigenvalue weighted by molar-refractivity contribution is 5.99. The monoisotopic (exact) mass is 1310 g/mol. The van der Waals surface area contributed by atoms with Crippen LogP contribution in [0, 0.1) is 0 Å². The Morgan fingerprint density at radius 1 is 0.558 bits per heavy atom. The summed E-state index contributed by atoms with van der Waals surface area (Å²) in [5.74, 6) is -8.76. The van der Waals surface area contributed by atoms with E-state index in [1.807, 2.05) is 60.7 Å². The van der Waals surface area contributed by atoms with E-state index in [0.717, 1.165) is 16.5 Å². The predicted octanol–water partition coefficient (Wildman–Crippen LogP) is 1.11. The zero-order valence-corrected chi connectivity index (χ0v) is 51.8. The van der Waals surface area contributed by atoms with Gasteiger partial charge in [0.2, 0.25) is 35.4 Å². The molecule has 2 aliphatic heterocycles. The highest BCUT2D eigenvalue weighted by atomic mass is 16.6. The SMILES string of the molecule is NCCCC[C@H]1NC(=O)[C@H](Cc2c[nH]c3ccccc23)NC(=O)C(c2ccccc2)NC(=O)[C@H]2C[C@H](OC(=O)NCCN)CN2C(=O)[C@@H](Cc2ccccc2)NC(=O)[C@@H](Cc2ccc(OCc3ccccc3)cc2)NC1=O.N[C@@H](CC(=O)O)C(=O)O.N[C@@H](CC(=O)O)C(=O)O. The number of nitrogens with one attached hydrogen (secondary N) is 7. The Balaban J connectivity index is 0.000000693. The summed E-state index contributed by atoms with van der Waals surface area (Å²) in [7, 11) is 0. The number of rotatable bonds is 23. The number of benzene rings is 5. The summed E-state index contributed by atoms with van der Waals surface area (Å²) in [6.45, 7) is 0.617. The van der Waals surface area contributed by atoms with Gasteiger partial charge in [-0.3, -0.25) is 47.9 Å². The van der Waals surface area contributed by atoms with Crippen LogP contribution in [0.3, 0.4) is 0 Å². The second-order valence-electron chi connectivity index (χ2n) is 22.3. The smallest absolute Gasteiger partial charge is 0.407 e. The maximum absolute atomic E-state index is 15.3. The number of fused-ring (bicyclic) bond motifs is 2. The summed E-state index contributed by atoms with van der Waals surface area (Å²) in [6.07, 6.45) is -0.413. The molecule has 6 aromatic rings. The first-order chi connectivity index (χ1) is 45.5. The van der Waals surface area contributed by atoms with Crippen molar-refractivity contribution in [3.63, 3.8) is 0 Å². The van der Waals surface area contributed by atoms with E-state index in [-0.39, 0.29) is 51.7 Å². The van der Waals surface area contributed by atoms with E-state index >= 15 is 9.59 Å². The molecule has 7 amide bonds. The van der Waals surface area contributed by atoms with Crippen LogP contribution in [-0.4, -0.2) is 170 Å². The summed E-state index contributed by atoms with van der Waals surface area (Å²) in [5, 5.41) is 49.9. The lowest BCUT2D eigenvalue weighted by atomic mass is 9.99. The number of carboxylic acids is 4. The van der Waals surface area contributed by atoms with E-state index in [1.165, 1.54) is 4.90 Å². The van der Waals surface area contributed by atoms with Crippen molar-refractivity contribution in [3.05, 3.63) is 174 Å². The van der Waals surface area contributed by atoms with Gasteiger partial charge in [0.1, 0.15) is 66.8 Å². The third-order valence-corrected chi connectivity index (χ3v) is 15.1. The lowest BCUT2D eigenvalue weighted by Gasteiger charge is -2.32.